The van der Waals surface area contributed by atoms with Gasteiger partial charge in [-0.05, 0) is 53.0 Å². The minimum atomic E-state index is -0.965. The zero-order valence-corrected chi connectivity index (χ0v) is 40.2. The average molecular weight is 1040 g/mol. The fourth-order valence-electron chi connectivity index (χ4n) is 9.56. The van der Waals surface area contributed by atoms with Crippen molar-refractivity contribution in [3.63, 3.8) is 0 Å². The predicted octanol–water partition coefficient (Wildman–Crippen LogP) is 5.68. The van der Waals surface area contributed by atoms with Gasteiger partial charge in [-0.3, -0.25) is 9.80 Å². The molecule has 1 unspecified atom stereocenters. The van der Waals surface area contributed by atoms with Crippen LogP contribution in [0.15, 0.2) is 24.3 Å². The largest absolute Gasteiger partial charge is 0.813 e. The van der Waals surface area contributed by atoms with E-state index < -0.39 is 41.1 Å². The molecule has 9 rings (SSSR count). The topological polar surface area (TPSA) is 112 Å². The Morgan fingerprint density at radius 3 is 2.66 bits per heavy atom. The Morgan fingerprint density at radius 1 is 1.08 bits per heavy atom. The summed E-state index contributed by atoms with van der Waals surface area (Å²) in [6.45, 7) is 7.17. The van der Waals surface area contributed by atoms with Crippen molar-refractivity contribution in [3.8, 4) is 38.3 Å². The first-order valence-corrected chi connectivity index (χ1v) is 21.6. The molecule has 2 aromatic carbocycles. The van der Waals surface area contributed by atoms with Crippen LogP contribution in [0.1, 0.15) is 58.4 Å². The molecule has 2 bridgehead atoms. The number of pyridine rings is 1. The number of hydrogen-bond donors (Lipinski definition) is 0. The van der Waals surface area contributed by atoms with Gasteiger partial charge in [0, 0.05) is 13.0 Å². The zero-order chi connectivity index (χ0) is 39.8. The standard InChI is InChI=1S/C41H42F3N6O6.H3P.H2S.Tl/c1-6-26-28(43)10-8-22-14-25(55-21-52-5)15-27(31(22)26)34-33(44)35-32-36(47-38(46-35)54-20-41-12-7-13-48(41)17-23(42)16-41)49-18-24-9-11-29(30(49)19-53-37(32)45-34)50(24)39(51)56-40(2,3)4;;;/h8,10,14-15,23-24,29-30H,7,9,11-13,16-21H2,2-5H3;1H3;1H2;/p-1/t23-,24-,29+,30+,41+;;;/m1.../s1. The van der Waals surface area contributed by atoms with E-state index >= 15 is 8.78 Å². The number of rotatable bonds is 7. The maximum absolute atomic E-state index is 17.6. The van der Waals surface area contributed by atoms with Crippen LogP contribution in [-0.2, 0) is 23.0 Å². The second-order valence-corrected chi connectivity index (χ2v) is 17.6. The molecule has 12 nitrogen and oxygen atoms in total. The average Bonchev–Trinajstić information content (AvgIpc) is 3.78. The first-order chi connectivity index (χ1) is 27.4. The van der Waals surface area contributed by atoms with Gasteiger partial charge in [0.1, 0.15) is 11.8 Å². The predicted molar refractivity (Wildman–Crippen MR) is 225 cm³/mol. The number of fused-ring (bicyclic) bond motifs is 7. The molecule has 0 saturated carbocycles. The molecule has 7 heterocycles. The Kier molecular flexibility index (Phi) is 12.5. The SMILES string of the molecule is COCOc1cc(-c2nc3c4c(nc(OC[C@@]56CCCN5C[C@H](F)C6)nc4c2F)N2C[C@H]4CC[C@@H]([C@@H]2CO3)N4C(=O)OC(C)(C)C)c2c(C#[C][Tl])c(F)ccc2c1.P.[SH-]. The molecule has 4 fully saturated rings. The number of carbonyl (C=O) groups is 1. The first kappa shape index (κ1) is 43.7. The number of methoxy groups -OCH3 is 1. The van der Waals surface area contributed by atoms with Gasteiger partial charge in [-0.25, -0.2) is 9.18 Å². The van der Waals surface area contributed by atoms with Crippen molar-refractivity contribution < 1.29 is 41.7 Å². The molecule has 6 atom stereocenters. The van der Waals surface area contributed by atoms with Crippen molar-refractivity contribution >= 4 is 82.7 Å². The van der Waals surface area contributed by atoms with Gasteiger partial charge in [-0.15, -0.1) is 0 Å². The number of aromatic nitrogens is 3. The van der Waals surface area contributed by atoms with Crippen LogP contribution in [0.25, 0.3) is 32.9 Å². The molecule has 18 heteroatoms. The molecule has 0 radical (unpaired) electrons. The van der Waals surface area contributed by atoms with Crippen molar-refractivity contribution in [2.24, 2.45) is 0 Å². The molecule has 4 aromatic rings. The smallest absolute Gasteiger partial charge is 0.153 e. The van der Waals surface area contributed by atoms with E-state index in [2.05, 4.69) is 19.2 Å². The minimum absolute atomic E-state index is 0. The third kappa shape index (κ3) is 7.76. The zero-order valence-electron chi connectivity index (χ0n) is 33.4. The van der Waals surface area contributed by atoms with Crippen LogP contribution in [0.3, 0.4) is 0 Å². The summed E-state index contributed by atoms with van der Waals surface area (Å²) in [7, 11) is 1.49. The number of nitrogens with zero attached hydrogens (tertiary/aromatic N) is 6. The molecule has 5 aliphatic rings. The van der Waals surface area contributed by atoms with Gasteiger partial charge in [0.25, 0.3) is 0 Å². The van der Waals surface area contributed by atoms with Crippen LogP contribution < -0.4 is 19.1 Å². The molecule has 1 amide bonds. The second-order valence-electron chi connectivity index (χ2n) is 16.5. The summed E-state index contributed by atoms with van der Waals surface area (Å²) in [5, 5.41) is 1.17. The molecule has 0 aliphatic carbocycles. The fourth-order valence-corrected chi connectivity index (χ4v) is 10.1. The normalized spacial score (nSPS) is 24.2. The number of anilines is 1. The number of carbonyl (C=O) groups excluding carboxylic acids is 1. The number of thiol groups is 1. The fraction of sp³-hybridized carbons (Fsp3) is 0.512. The van der Waals surface area contributed by atoms with Crippen LogP contribution >= 0.6 is 9.90 Å². The van der Waals surface area contributed by atoms with Crippen LogP contribution in [0.4, 0.5) is 23.8 Å². The third-order valence-electron chi connectivity index (χ3n) is 11.8. The van der Waals surface area contributed by atoms with Crippen LogP contribution in [0, 0.1) is 21.0 Å². The van der Waals surface area contributed by atoms with E-state index in [1.165, 1.54) is 13.2 Å². The van der Waals surface area contributed by atoms with Crippen molar-refractivity contribution in [3.05, 3.63) is 41.5 Å². The monoisotopic (exact) mass is 1040 g/mol. The van der Waals surface area contributed by atoms with E-state index in [1.54, 1.807) is 18.2 Å². The summed E-state index contributed by atoms with van der Waals surface area (Å²) in [6, 6.07) is 5.26. The van der Waals surface area contributed by atoms with E-state index in [1.807, 2.05) is 25.7 Å². The molecule has 4 saturated heterocycles. The molecular formula is C41H46F3N6O6PSTl-. The summed E-state index contributed by atoms with van der Waals surface area (Å²) in [5.74, 6) is 2.38. The third-order valence-corrected chi connectivity index (χ3v) is 12.4. The molecule has 0 N–H and O–H groups in total. The second kappa shape index (κ2) is 16.8. The molecular weight excluding hydrogens is 997 g/mol. The number of benzene rings is 2. The van der Waals surface area contributed by atoms with Crippen LogP contribution in [-0.4, -0.2) is 139 Å². The van der Waals surface area contributed by atoms with Gasteiger partial charge >= 0.3 is 232 Å². The number of piperazine rings is 1. The van der Waals surface area contributed by atoms with E-state index in [0.717, 1.165) is 25.8 Å². The number of alkyl halides is 1. The Bertz CT molecular complexity index is 2370. The summed E-state index contributed by atoms with van der Waals surface area (Å²) >= 11 is 0.263. The maximum Gasteiger partial charge on any atom is -0.153 e. The maximum atomic E-state index is 17.6. The Labute approximate surface area is 366 Å². The minimum Gasteiger partial charge on any atom is -0.813 e. The molecule has 2 aromatic heterocycles. The number of amides is 1. The van der Waals surface area contributed by atoms with Gasteiger partial charge in [0.05, 0.1) is 11.6 Å². The quantitative estimate of drug-likeness (QED) is 0.0568. The Balaban J connectivity index is 0.00000264. The van der Waals surface area contributed by atoms with Crippen LogP contribution in [0.5, 0.6) is 17.6 Å². The Morgan fingerprint density at radius 2 is 1.90 bits per heavy atom. The van der Waals surface area contributed by atoms with Gasteiger partial charge in [-0.2, -0.15) is 9.90 Å². The summed E-state index contributed by atoms with van der Waals surface area (Å²) < 4.78 is 80.7. The number of ether oxygens (including phenoxy) is 5. The van der Waals surface area contributed by atoms with Gasteiger partial charge in [-0.1, -0.05) is 0 Å². The Hall–Kier alpha value is -3.37. The van der Waals surface area contributed by atoms with Crippen LogP contribution in [0.2, 0.25) is 0 Å². The summed E-state index contributed by atoms with van der Waals surface area (Å²) in [6.07, 6.45) is 2.11. The summed E-state index contributed by atoms with van der Waals surface area (Å²) in [5.41, 5.74) is -1.11. The number of hydrogen-bond acceptors (Lipinski definition) is 12. The van der Waals surface area contributed by atoms with Gasteiger partial charge in [0.2, 0.25) is 0 Å². The van der Waals surface area contributed by atoms with Crippen molar-refractivity contribution in [2.45, 2.75) is 88.3 Å². The van der Waals surface area contributed by atoms with Gasteiger partial charge < -0.3 is 18.2 Å². The van der Waals surface area contributed by atoms with Crippen molar-refractivity contribution in [1.82, 2.24) is 24.8 Å². The van der Waals surface area contributed by atoms with E-state index in [9.17, 15) is 9.18 Å². The van der Waals surface area contributed by atoms with E-state index in [-0.39, 0.29) is 121 Å². The number of halogens is 3. The summed E-state index contributed by atoms with van der Waals surface area (Å²) in [4.78, 5) is 34.1. The molecule has 59 heavy (non-hydrogen) atoms. The molecule has 312 valence electrons. The van der Waals surface area contributed by atoms with Crippen molar-refractivity contribution in [1.29, 1.82) is 0 Å². The molecule has 5 aliphatic heterocycles. The molecule has 0 spiro atoms. The van der Waals surface area contributed by atoms with E-state index in [4.69, 9.17) is 38.6 Å². The van der Waals surface area contributed by atoms with Gasteiger partial charge in [0.15, 0.2) is 0 Å². The first-order valence-electron chi connectivity index (χ1n) is 19.3. The van der Waals surface area contributed by atoms with E-state index in [0.29, 0.717) is 48.3 Å². The van der Waals surface area contributed by atoms with Crippen molar-refractivity contribution in [2.75, 3.05) is 51.7 Å².